The Labute approximate surface area is 172 Å². The summed E-state index contributed by atoms with van der Waals surface area (Å²) in [5.74, 6) is 0. The van der Waals surface area contributed by atoms with Crippen LogP contribution in [0.4, 0.5) is 5.69 Å². The Morgan fingerprint density at radius 2 is 1.76 bits per heavy atom. The molecule has 3 aromatic rings. The van der Waals surface area contributed by atoms with Gasteiger partial charge in [-0.15, -0.1) is 0 Å². The predicted octanol–water partition coefficient (Wildman–Crippen LogP) is 3.09. The van der Waals surface area contributed by atoms with E-state index in [4.69, 9.17) is 0 Å². The number of aryl methyl sites for hydroxylation is 1. The average Bonchev–Trinajstić information content (AvgIpc) is 2.73. The van der Waals surface area contributed by atoms with Gasteiger partial charge in [-0.1, -0.05) is 36.4 Å². The van der Waals surface area contributed by atoms with Gasteiger partial charge in [0.05, 0.1) is 10.4 Å². The minimum Gasteiger partial charge on any atom is -0.380 e. The molecule has 0 saturated carbocycles. The second-order valence-corrected chi connectivity index (χ2v) is 9.40. The van der Waals surface area contributed by atoms with Crippen LogP contribution in [0.25, 0.3) is 10.9 Å². The van der Waals surface area contributed by atoms with E-state index >= 15 is 0 Å². The summed E-state index contributed by atoms with van der Waals surface area (Å²) >= 11 is 0. The van der Waals surface area contributed by atoms with Gasteiger partial charge in [-0.3, -0.25) is 4.98 Å². The predicted molar refractivity (Wildman–Crippen MR) is 117 cm³/mol. The van der Waals surface area contributed by atoms with Gasteiger partial charge in [0.15, 0.2) is 0 Å². The molecule has 1 fully saturated rings. The molecule has 7 heteroatoms. The van der Waals surface area contributed by atoms with Gasteiger partial charge < -0.3 is 10.2 Å². The molecule has 152 valence electrons. The summed E-state index contributed by atoms with van der Waals surface area (Å²) in [6.45, 7) is 5.01. The summed E-state index contributed by atoms with van der Waals surface area (Å²) in [6.07, 6.45) is 1.78. The lowest BCUT2D eigenvalue weighted by atomic mass is 10.1. The summed E-state index contributed by atoms with van der Waals surface area (Å²) in [5, 5.41) is 4.46. The number of sulfonamides is 1. The number of fused-ring (bicyclic) bond motifs is 1. The Bertz CT molecular complexity index is 1120. The molecule has 0 atom stereocenters. The van der Waals surface area contributed by atoms with Crippen LogP contribution < -0.4 is 5.32 Å². The van der Waals surface area contributed by atoms with Crippen molar-refractivity contribution in [3.05, 3.63) is 65.9 Å². The first kappa shape index (κ1) is 19.8. The van der Waals surface area contributed by atoms with E-state index in [1.54, 1.807) is 22.6 Å². The van der Waals surface area contributed by atoms with Crippen molar-refractivity contribution in [1.82, 2.24) is 14.2 Å². The molecule has 1 aromatic heterocycles. The van der Waals surface area contributed by atoms with Crippen LogP contribution in [-0.2, 0) is 16.6 Å². The Balaban J connectivity index is 1.61. The van der Waals surface area contributed by atoms with Gasteiger partial charge in [-0.25, -0.2) is 8.42 Å². The highest BCUT2D eigenvalue weighted by atomic mass is 32.2. The second-order valence-electron chi connectivity index (χ2n) is 7.50. The summed E-state index contributed by atoms with van der Waals surface area (Å²) in [4.78, 5) is 7.00. The quantitative estimate of drug-likeness (QED) is 0.700. The van der Waals surface area contributed by atoms with Crippen molar-refractivity contribution in [2.75, 3.05) is 38.5 Å². The number of hydrogen-bond acceptors (Lipinski definition) is 5. The van der Waals surface area contributed by atoms with Crippen LogP contribution in [0.2, 0.25) is 0 Å². The fourth-order valence-electron chi connectivity index (χ4n) is 3.74. The highest BCUT2D eigenvalue weighted by molar-refractivity contribution is 7.89. The fourth-order valence-corrected chi connectivity index (χ4v) is 5.38. The van der Waals surface area contributed by atoms with Crippen molar-refractivity contribution < 1.29 is 8.42 Å². The Morgan fingerprint density at radius 3 is 2.55 bits per heavy atom. The van der Waals surface area contributed by atoms with E-state index in [0.717, 1.165) is 40.8 Å². The molecule has 0 unspecified atom stereocenters. The smallest absolute Gasteiger partial charge is 0.243 e. The number of nitrogens with zero attached hydrogens (tertiary/aromatic N) is 3. The zero-order chi connectivity index (χ0) is 20.4. The molecule has 1 aliphatic rings. The molecule has 0 amide bonds. The molecule has 4 rings (SSSR count). The largest absolute Gasteiger partial charge is 0.380 e. The Kier molecular flexibility index (Phi) is 5.54. The summed E-state index contributed by atoms with van der Waals surface area (Å²) in [6, 6.07) is 15.3. The van der Waals surface area contributed by atoms with Gasteiger partial charge in [0.1, 0.15) is 0 Å². The standard InChI is InChI=1S/C22H26N4O2S/c1-17-6-5-8-19-20(10-11-23-22(17)19)24-16-18-7-3-4-9-21(18)29(27,28)26-14-12-25(2)13-15-26/h3-11H,12-16H2,1-2H3,(H,23,24). The third-order valence-electron chi connectivity index (χ3n) is 5.49. The lowest BCUT2D eigenvalue weighted by Crippen LogP contribution is -2.47. The molecule has 1 N–H and O–H groups in total. The van der Waals surface area contributed by atoms with Gasteiger partial charge in [-0.05, 0) is 37.2 Å². The van der Waals surface area contributed by atoms with Crippen molar-refractivity contribution >= 4 is 26.6 Å². The maximum absolute atomic E-state index is 13.3. The minimum absolute atomic E-state index is 0.381. The maximum atomic E-state index is 13.3. The number of pyridine rings is 1. The topological polar surface area (TPSA) is 65.5 Å². The van der Waals surface area contributed by atoms with Crippen molar-refractivity contribution in [1.29, 1.82) is 0 Å². The molecular formula is C22H26N4O2S. The fraction of sp³-hybridized carbons (Fsp3) is 0.318. The number of benzene rings is 2. The monoisotopic (exact) mass is 410 g/mol. The van der Waals surface area contributed by atoms with Crippen LogP contribution in [0, 0.1) is 6.92 Å². The molecule has 29 heavy (non-hydrogen) atoms. The van der Waals surface area contributed by atoms with Gasteiger partial charge in [-0.2, -0.15) is 4.31 Å². The van der Waals surface area contributed by atoms with E-state index in [2.05, 4.69) is 15.2 Å². The van der Waals surface area contributed by atoms with Crippen molar-refractivity contribution in [3.63, 3.8) is 0 Å². The number of para-hydroxylation sites is 1. The first-order chi connectivity index (χ1) is 14.0. The number of aromatic nitrogens is 1. The second kappa shape index (κ2) is 8.10. The van der Waals surface area contributed by atoms with E-state index in [9.17, 15) is 8.42 Å². The SMILES string of the molecule is Cc1cccc2c(NCc3ccccc3S(=O)(=O)N3CCN(C)CC3)ccnc12. The van der Waals surface area contributed by atoms with Crippen LogP contribution in [0.1, 0.15) is 11.1 Å². The van der Waals surface area contributed by atoms with E-state index in [1.807, 2.05) is 50.4 Å². The first-order valence-corrected chi connectivity index (χ1v) is 11.3. The van der Waals surface area contributed by atoms with Gasteiger partial charge in [0.2, 0.25) is 10.0 Å². The highest BCUT2D eigenvalue weighted by Gasteiger charge is 2.29. The lowest BCUT2D eigenvalue weighted by Gasteiger charge is -2.32. The molecule has 0 spiro atoms. The van der Waals surface area contributed by atoms with Crippen LogP contribution >= 0.6 is 0 Å². The summed E-state index contributed by atoms with van der Waals surface area (Å²) in [5.41, 5.74) is 3.79. The number of hydrogen-bond donors (Lipinski definition) is 1. The third kappa shape index (κ3) is 3.99. The summed E-state index contributed by atoms with van der Waals surface area (Å²) in [7, 11) is -1.50. The average molecular weight is 411 g/mol. The normalized spacial score (nSPS) is 16.2. The van der Waals surface area contributed by atoms with Crippen LogP contribution in [-0.4, -0.2) is 55.8 Å². The minimum atomic E-state index is -3.52. The molecule has 0 bridgehead atoms. The van der Waals surface area contributed by atoms with Crippen LogP contribution in [0.3, 0.4) is 0 Å². The number of rotatable bonds is 5. The Morgan fingerprint density at radius 1 is 1.00 bits per heavy atom. The number of piperazine rings is 1. The molecule has 1 aliphatic heterocycles. The van der Waals surface area contributed by atoms with Crippen LogP contribution in [0.15, 0.2) is 59.6 Å². The van der Waals surface area contributed by atoms with Crippen molar-refractivity contribution in [3.8, 4) is 0 Å². The van der Waals surface area contributed by atoms with Crippen LogP contribution in [0.5, 0.6) is 0 Å². The van der Waals surface area contributed by atoms with E-state index in [0.29, 0.717) is 24.5 Å². The molecule has 0 radical (unpaired) electrons. The van der Waals surface area contributed by atoms with Gasteiger partial charge >= 0.3 is 0 Å². The number of nitrogens with one attached hydrogen (secondary N) is 1. The third-order valence-corrected chi connectivity index (χ3v) is 7.49. The zero-order valence-corrected chi connectivity index (χ0v) is 17.6. The molecule has 0 aliphatic carbocycles. The molecule has 1 saturated heterocycles. The van der Waals surface area contributed by atoms with Gasteiger partial charge in [0, 0.05) is 50.0 Å². The van der Waals surface area contributed by atoms with Gasteiger partial charge in [0.25, 0.3) is 0 Å². The Hall–Kier alpha value is -2.48. The molecule has 2 heterocycles. The van der Waals surface area contributed by atoms with E-state index < -0.39 is 10.0 Å². The zero-order valence-electron chi connectivity index (χ0n) is 16.8. The van der Waals surface area contributed by atoms with E-state index in [1.165, 1.54) is 0 Å². The highest BCUT2D eigenvalue weighted by Crippen LogP contribution is 2.26. The molecule has 6 nitrogen and oxygen atoms in total. The molecule has 2 aromatic carbocycles. The van der Waals surface area contributed by atoms with Crippen molar-refractivity contribution in [2.24, 2.45) is 0 Å². The lowest BCUT2D eigenvalue weighted by molar-refractivity contribution is 0.222. The number of anilines is 1. The number of likely N-dealkylation sites (N-methyl/N-ethyl adjacent to an activating group) is 1. The van der Waals surface area contributed by atoms with Crippen molar-refractivity contribution in [2.45, 2.75) is 18.4 Å². The summed E-state index contributed by atoms with van der Waals surface area (Å²) < 4.78 is 28.1. The maximum Gasteiger partial charge on any atom is 0.243 e. The first-order valence-electron chi connectivity index (χ1n) is 9.81. The molecular weight excluding hydrogens is 384 g/mol. The van der Waals surface area contributed by atoms with E-state index in [-0.39, 0.29) is 0 Å².